The van der Waals surface area contributed by atoms with Gasteiger partial charge in [0, 0.05) is 15.1 Å². The summed E-state index contributed by atoms with van der Waals surface area (Å²) in [6, 6.07) is 5.06. The topological polar surface area (TPSA) is 67.4 Å². The molecular formula is C14H17BrN2O3S. The highest BCUT2D eigenvalue weighted by Gasteiger charge is 2.27. The van der Waals surface area contributed by atoms with Crippen LogP contribution >= 0.6 is 27.7 Å². The van der Waals surface area contributed by atoms with Crippen LogP contribution in [0.5, 0.6) is 0 Å². The Morgan fingerprint density at radius 2 is 2.19 bits per heavy atom. The van der Waals surface area contributed by atoms with E-state index in [1.165, 1.54) is 11.8 Å². The number of alkyl carbamates (subject to hydrolysis) is 1. The van der Waals surface area contributed by atoms with Gasteiger partial charge in [0.1, 0.15) is 11.6 Å². The summed E-state index contributed by atoms with van der Waals surface area (Å²) in [5.74, 6) is 0.213. The van der Waals surface area contributed by atoms with Gasteiger partial charge in [-0.15, -0.1) is 11.8 Å². The molecule has 2 amide bonds. The van der Waals surface area contributed by atoms with E-state index in [4.69, 9.17) is 4.74 Å². The fraction of sp³-hybridized carbons (Fsp3) is 0.429. The van der Waals surface area contributed by atoms with Crippen LogP contribution in [-0.2, 0) is 9.53 Å². The number of rotatable bonds is 1. The number of nitrogens with one attached hydrogen (secondary N) is 2. The molecule has 7 heteroatoms. The Balaban J connectivity index is 2.05. The van der Waals surface area contributed by atoms with Gasteiger partial charge < -0.3 is 15.4 Å². The predicted molar refractivity (Wildman–Crippen MR) is 86.7 cm³/mol. The van der Waals surface area contributed by atoms with Gasteiger partial charge in [-0.25, -0.2) is 4.79 Å². The Labute approximate surface area is 136 Å². The van der Waals surface area contributed by atoms with Crippen LogP contribution in [0, 0.1) is 0 Å². The summed E-state index contributed by atoms with van der Waals surface area (Å²) < 4.78 is 6.07. The summed E-state index contributed by atoms with van der Waals surface area (Å²) in [5.41, 5.74) is 0.152. The summed E-state index contributed by atoms with van der Waals surface area (Å²) in [4.78, 5) is 24.9. The van der Waals surface area contributed by atoms with Crippen molar-refractivity contribution in [3.05, 3.63) is 22.7 Å². The van der Waals surface area contributed by atoms with Crippen molar-refractivity contribution < 1.29 is 14.3 Å². The third kappa shape index (κ3) is 4.64. The molecule has 0 aliphatic carbocycles. The van der Waals surface area contributed by atoms with Crippen molar-refractivity contribution in [2.75, 3.05) is 11.1 Å². The zero-order valence-electron chi connectivity index (χ0n) is 12.0. The lowest BCUT2D eigenvalue weighted by atomic mass is 10.2. The molecule has 0 spiro atoms. The highest BCUT2D eigenvalue weighted by molar-refractivity contribution is 9.10. The Kier molecular flexibility index (Phi) is 4.83. The molecule has 21 heavy (non-hydrogen) atoms. The van der Waals surface area contributed by atoms with E-state index in [0.717, 1.165) is 15.1 Å². The van der Waals surface area contributed by atoms with Crippen LogP contribution in [-0.4, -0.2) is 29.4 Å². The van der Waals surface area contributed by atoms with E-state index < -0.39 is 17.7 Å². The number of halogens is 1. The second-order valence-electron chi connectivity index (χ2n) is 5.64. The molecule has 5 nitrogen and oxygen atoms in total. The number of hydrogen-bond donors (Lipinski definition) is 2. The van der Waals surface area contributed by atoms with Gasteiger partial charge in [-0.1, -0.05) is 15.9 Å². The van der Waals surface area contributed by atoms with E-state index in [-0.39, 0.29) is 5.91 Å². The molecule has 1 atom stereocenters. The SMILES string of the molecule is CC(C)(C)OC(=O)N[C@H]1CSc2ccc(Br)cc2NC1=O. The summed E-state index contributed by atoms with van der Waals surface area (Å²) in [6.07, 6.45) is -0.588. The van der Waals surface area contributed by atoms with Gasteiger partial charge in [0.25, 0.3) is 0 Å². The van der Waals surface area contributed by atoms with Crippen molar-refractivity contribution in [1.82, 2.24) is 5.32 Å². The van der Waals surface area contributed by atoms with Gasteiger partial charge in [0.2, 0.25) is 5.91 Å². The number of fused-ring (bicyclic) bond motifs is 1. The number of anilines is 1. The molecule has 1 aliphatic heterocycles. The third-order valence-corrected chi connectivity index (χ3v) is 4.27. The first-order valence-electron chi connectivity index (χ1n) is 6.47. The van der Waals surface area contributed by atoms with E-state index in [1.807, 2.05) is 18.2 Å². The minimum absolute atomic E-state index is 0.245. The molecule has 2 rings (SSSR count). The average Bonchev–Trinajstić information content (AvgIpc) is 2.47. The van der Waals surface area contributed by atoms with E-state index >= 15 is 0 Å². The van der Waals surface area contributed by atoms with Gasteiger partial charge in [-0.2, -0.15) is 0 Å². The van der Waals surface area contributed by atoms with Crippen LogP contribution in [0.4, 0.5) is 10.5 Å². The fourth-order valence-corrected chi connectivity index (χ4v) is 3.12. The summed E-state index contributed by atoms with van der Waals surface area (Å²) in [5, 5.41) is 5.43. The van der Waals surface area contributed by atoms with Crippen LogP contribution in [0.3, 0.4) is 0 Å². The summed E-state index contributed by atoms with van der Waals surface area (Å²) in [7, 11) is 0. The molecule has 1 heterocycles. The van der Waals surface area contributed by atoms with Crippen molar-refractivity contribution in [2.24, 2.45) is 0 Å². The summed E-state index contributed by atoms with van der Waals surface area (Å²) >= 11 is 4.89. The number of hydrogen-bond acceptors (Lipinski definition) is 4. The highest BCUT2D eigenvalue weighted by Crippen LogP contribution is 2.33. The molecule has 0 fully saturated rings. The standard InChI is InChI=1S/C14H17BrN2O3S/c1-14(2,3)20-13(19)17-10-7-21-11-5-4-8(15)6-9(11)16-12(10)18/h4-6,10H,7H2,1-3H3,(H,16,18)(H,17,19)/t10-/m0/s1. The van der Waals surface area contributed by atoms with Crippen molar-refractivity contribution in [1.29, 1.82) is 0 Å². The van der Waals surface area contributed by atoms with Gasteiger partial charge in [0.15, 0.2) is 0 Å². The first-order valence-corrected chi connectivity index (χ1v) is 8.25. The lowest BCUT2D eigenvalue weighted by molar-refractivity contribution is -0.117. The van der Waals surface area contributed by atoms with Gasteiger partial charge >= 0.3 is 6.09 Å². The Bertz CT molecular complexity index is 572. The van der Waals surface area contributed by atoms with Crippen molar-refractivity contribution in [2.45, 2.75) is 37.3 Å². The maximum atomic E-state index is 12.2. The van der Waals surface area contributed by atoms with Crippen molar-refractivity contribution in [3.8, 4) is 0 Å². The quantitative estimate of drug-likeness (QED) is 0.792. The zero-order chi connectivity index (χ0) is 15.6. The molecular weight excluding hydrogens is 356 g/mol. The second kappa shape index (κ2) is 6.27. The number of benzene rings is 1. The monoisotopic (exact) mass is 372 g/mol. The number of thioether (sulfide) groups is 1. The molecule has 1 aliphatic rings. The average molecular weight is 373 g/mol. The molecule has 2 N–H and O–H groups in total. The first kappa shape index (κ1) is 16.2. The third-order valence-electron chi connectivity index (χ3n) is 2.61. The molecule has 1 aromatic rings. The summed E-state index contributed by atoms with van der Waals surface area (Å²) in [6.45, 7) is 5.34. The molecule has 0 unspecified atom stereocenters. The molecule has 0 bridgehead atoms. The minimum atomic E-state index is -0.629. The largest absolute Gasteiger partial charge is 0.444 e. The Hall–Kier alpha value is -1.21. The Morgan fingerprint density at radius 1 is 1.48 bits per heavy atom. The van der Waals surface area contributed by atoms with Crippen LogP contribution in [0.25, 0.3) is 0 Å². The maximum absolute atomic E-state index is 12.2. The first-order chi connectivity index (χ1) is 9.74. The Morgan fingerprint density at radius 3 is 2.86 bits per heavy atom. The highest BCUT2D eigenvalue weighted by atomic mass is 79.9. The molecule has 0 saturated heterocycles. The van der Waals surface area contributed by atoms with E-state index in [9.17, 15) is 9.59 Å². The maximum Gasteiger partial charge on any atom is 0.408 e. The van der Waals surface area contributed by atoms with E-state index in [1.54, 1.807) is 20.8 Å². The minimum Gasteiger partial charge on any atom is -0.444 e. The lowest BCUT2D eigenvalue weighted by Gasteiger charge is -2.22. The van der Waals surface area contributed by atoms with E-state index in [0.29, 0.717) is 5.75 Å². The molecule has 0 aromatic heterocycles. The smallest absolute Gasteiger partial charge is 0.408 e. The number of carbonyl (C=O) groups is 2. The normalized spacial score (nSPS) is 18.3. The predicted octanol–water partition coefficient (Wildman–Crippen LogP) is 3.39. The zero-order valence-corrected chi connectivity index (χ0v) is 14.4. The van der Waals surface area contributed by atoms with Gasteiger partial charge in [0.05, 0.1) is 5.69 Å². The number of amides is 2. The fourth-order valence-electron chi connectivity index (χ4n) is 1.75. The molecule has 0 saturated carbocycles. The number of ether oxygens (including phenoxy) is 1. The van der Waals surface area contributed by atoms with Crippen LogP contribution in [0.2, 0.25) is 0 Å². The van der Waals surface area contributed by atoms with Crippen molar-refractivity contribution >= 4 is 45.4 Å². The molecule has 114 valence electrons. The van der Waals surface area contributed by atoms with E-state index in [2.05, 4.69) is 26.6 Å². The molecule has 1 aromatic carbocycles. The van der Waals surface area contributed by atoms with Gasteiger partial charge in [-0.05, 0) is 39.0 Å². The van der Waals surface area contributed by atoms with Gasteiger partial charge in [-0.3, -0.25) is 4.79 Å². The van der Waals surface area contributed by atoms with Crippen molar-refractivity contribution in [3.63, 3.8) is 0 Å². The van der Waals surface area contributed by atoms with Crippen LogP contribution in [0.15, 0.2) is 27.6 Å². The van der Waals surface area contributed by atoms with Crippen LogP contribution < -0.4 is 10.6 Å². The number of carbonyl (C=O) groups excluding carboxylic acids is 2. The van der Waals surface area contributed by atoms with Crippen LogP contribution in [0.1, 0.15) is 20.8 Å². The molecule has 0 radical (unpaired) electrons. The lowest BCUT2D eigenvalue weighted by Crippen LogP contribution is -2.46. The second-order valence-corrected chi connectivity index (χ2v) is 7.62.